The van der Waals surface area contributed by atoms with Crippen LogP contribution in [-0.4, -0.2) is 75.1 Å². The number of ether oxygens (including phenoxy) is 3. The van der Waals surface area contributed by atoms with E-state index in [1.807, 2.05) is 19.0 Å². The van der Waals surface area contributed by atoms with Crippen molar-refractivity contribution < 1.29 is 28.9 Å². The van der Waals surface area contributed by atoms with Crippen molar-refractivity contribution in [1.82, 2.24) is 9.80 Å². The number of halogens is 1. The average molecular weight is 475 g/mol. The first kappa shape index (κ1) is 24.4. The highest BCUT2D eigenvalue weighted by Gasteiger charge is 2.47. The molecule has 1 atom stereocenters. The number of Topliss-reactive ketones (excluding diaryl/α,β-unsaturated/α-hetero) is 1. The predicted octanol–water partition coefficient (Wildman–Crippen LogP) is 3.35. The topological polar surface area (TPSA) is 88.5 Å². The van der Waals surface area contributed by atoms with Crippen LogP contribution in [0.25, 0.3) is 5.76 Å². The summed E-state index contributed by atoms with van der Waals surface area (Å²) in [5, 5.41) is 11.5. The van der Waals surface area contributed by atoms with E-state index < -0.39 is 17.7 Å². The molecule has 2 aromatic rings. The highest BCUT2D eigenvalue weighted by atomic mass is 35.5. The fourth-order valence-electron chi connectivity index (χ4n) is 3.76. The van der Waals surface area contributed by atoms with Gasteiger partial charge >= 0.3 is 0 Å². The Morgan fingerprint density at radius 3 is 2.27 bits per heavy atom. The van der Waals surface area contributed by atoms with Gasteiger partial charge in [-0.2, -0.15) is 0 Å². The van der Waals surface area contributed by atoms with Gasteiger partial charge in [0.25, 0.3) is 11.7 Å². The molecule has 0 unspecified atom stereocenters. The minimum atomic E-state index is -0.879. The molecule has 3 rings (SSSR count). The Labute approximate surface area is 197 Å². The molecule has 1 heterocycles. The molecule has 0 bridgehead atoms. The molecule has 8 nitrogen and oxygen atoms in total. The van der Waals surface area contributed by atoms with Crippen molar-refractivity contribution in [2.24, 2.45) is 0 Å². The number of aliphatic hydroxyl groups is 1. The molecule has 1 aliphatic heterocycles. The maximum atomic E-state index is 13.2. The van der Waals surface area contributed by atoms with Gasteiger partial charge < -0.3 is 29.1 Å². The normalized spacial score (nSPS) is 17.5. The summed E-state index contributed by atoms with van der Waals surface area (Å²) < 4.78 is 16.1. The average Bonchev–Trinajstić information content (AvgIpc) is 3.06. The highest BCUT2D eigenvalue weighted by molar-refractivity contribution is 6.46. The van der Waals surface area contributed by atoms with Crippen molar-refractivity contribution in [3.05, 3.63) is 58.1 Å². The molecule has 1 aliphatic rings. The van der Waals surface area contributed by atoms with E-state index in [-0.39, 0.29) is 22.9 Å². The van der Waals surface area contributed by atoms with Crippen molar-refractivity contribution in [2.75, 3.05) is 48.5 Å². The van der Waals surface area contributed by atoms with Crippen LogP contribution in [0, 0.1) is 0 Å². The van der Waals surface area contributed by atoms with Gasteiger partial charge in [-0.1, -0.05) is 11.6 Å². The first-order chi connectivity index (χ1) is 15.7. The zero-order valence-electron chi connectivity index (χ0n) is 19.2. The number of methoxy groups -OCH3 is 3. The monoisotopic (exact) mass is 474 g/mol. The lowest BCUT2D eigenvalue weighted by Gasteiger charge is -2.28. The van der Waals surface area contributed by atoms with Gasteiger partial charge in [0.1, 0.15) is 23.0 Å². The number of likely N-dealkylation sites (N-methyl/N-ethyl adjacent to an activating group) is 1. The number of ketones is 1. The number of carbonyl (C=O) groups is 2. The smallest absolute Gasteiger partial charge is 0.295 e. The number of aliphatic hydroxyl groups excluding tert-OH is 1. The number of hydrogen-bond acceptors (Lipinski definition) is 7. The van der Waals surface area contributed by atoms with Crippen LogP contribution in [0.5, 0.6) is 17.2 Å². The largest absolute Gasteiger partial charge is 0.507 e. The summed E-state index contributed by atoms with van der Waals surface area (Å²) in [6.45, 7) is 0.785. The summed E-state index contributed by atoms with van der Waals surface area (Å²) in [5.74, 6) is -0.417. The maximum Gasteiger partial charge on any atom is 0.295 e. The van der Waals surface area contributed by atoms with Crippen molar-refractivity contribution in [3.8, 4) is 17.2 Å². The maximum absolute atomic E-state index is 13.2. The Morgan fingerprint density at radius 1 is 1.03 bits per heavy atom. The van der Waals surface area contributed by atoms with E-state index in [9.17, 15) is 14.7 Å². The van der Waals surface area contributed by atoms with Crippen LogP contribution in [-0.2, 0) is 9.59 Å². The summed E-state index contributed by atoms with van der Waals surface area (Å²) in [7, 11) is 8.24. The van der Waals surface area contributed by atoms with Crippen LogP contribution in [0.3, 0.4) is 0 Å². The quantitative estimate of drug-likeness (QED) is 0.356. The van der Waals surface area contributed by atoms with E-state index in [1.165, 1.54) is 32.3 Å². The lowest BCUT2D eigenvalue weighted by atomic mass is 9.94. The molecule has 1 saturated heterocycles. The standard InChI is InChI=1S/C24H27ClN2O6/c1-26(2)10-11-27-21(16-13-15(31-3)7-9-18(16)32-4)20(23(29)24(27)30)22(28)14-6-8-19(33-5)17(25)12-14/h6-9,12-13,21,28H,10-11H2,1-5H3/b22-20-/t21-/m0/s1. The van der Waals surface area contributed by atoms with Crippen LogP contribution in [0.15, 0.2) is 42.0 Å². The first-order valence-electron chi connectivity index (χ1n) is 10.2. The molecule has 0 saturated carbocycles. The molecule has 2 aromatic carbocycles. The lowest BCUT2D eigenvalue weighted by Crippen LogP contribution is -2.35. The van der Waals surface area contributed by atoms with Gasteiger partial charge in [0.05, 0.1) is 38.0 Å². The van der Waals surface area contributed by atoms with Gasteiger partial charge in [-0.15, -0.1) is 0 Å². The van der Waals surface area contributed by atoms with Crippen LogP contribution in [0.1, 0.15) is 17.2 Å². The van der Waals surface area contributed by atoms with E-state index in [0.717, 1.165) is 0 Å². The van der Waals surface area contributed by atoms with Crippen molar-refractivity contribution in [1.29, 1.82) is 0 Å². The summed E-state index contributed by atoms with van der Waals surface area (Å²) in [4.78, 5) is 29.6. The molecule has 0 spiro atoms. The van der Waals surface area contributed by atoms with Gasteiger partial charge in [-0.05, 0) is 50.5 Å². The van der Waals surface area contributed by atoms with Crippen LogP contribution in [0.2, 0.25) is 5.02 Å². The number of rotatable bonds is 8. The van der Waals surface area contributed by atoms with Gasteiger partial charge in [0, 0.05) is 24.2 Å². The van der Waals surface area contributed by atoms with Gasteiger partial charge in [-0.3, -0.25) is 9.59 Å². The molecule has 1 fully saturated rings. The van der Waals surface area contributed by atoms with Gasteiger partial charge in [-0.25, -0.2) is 0 Å². The van der Waals surface area contributed by atoms with Crippen molar-refractivity contribution in [2.45, 2.75) is 6.04 Å². The minimum Gasteiger partial charge on any atom is -0.507 e. The molecule has 33 heavy (non-hydrogen) atoms. The number of hydrogen-bond donors (Lipinski definition) is 1. The SMILES string of the molecule is COc1ccc(OC)c([C@H]2/C(=C(/O)c3ccc(OC)c(Cl)c3)C(=O)C(=O)N2CCN(C)C)c1. The summed E-state index contributed by atoms with van der Waals surface area (Å²) >= 11 is 6.24. The van der Waals surface area contributed by atoms with E-state index in [4.69, 9.17) is 25.8 Å². The highest BCUT2D eigenvalue weighted by Crippen LogP contribution is 2.44. The molecule has 0 aromatic heterocycles. The van der Waals surface area contributed by atoms with Crippen LogP contribution in [0.4, 0.5) is 0 Å². The Hall–Kier alpha value is -3.23. The molecule has 9 heteroatoms. The minimum absolute atomic E-state index is 0.0495. The Balaban J connectivity index is 2.24. The Bertz CT molecular complexity index is 1100. The zero-order chi connectivity index (χ0) is 24.3. The Morgan fingerprint density at radius 2 is 1.70 bits per heavy atom. The molecule has 1 amide bonds. The molecule has 0 radical (unpaired) electrons. The van der Waals surface area contributed by atoms with E-state index in [1.54, 1.807) is 30.3 Å². The summed E-state index contributed by atoms with van der Waals surface area (Å²) in [6, 6.07) is 8.89. The fraction of sp³-hybridized carbons (Fsp3) is 0.333. The summed E-state index contributed by atoms with van der Waals surface area (Å²) in [6.07, 6.45) is 0. The van der Waals surface area contributed by atoms with Gasteiger partial charge in [0.15, 0.2) is 0 Å². The molecular weight excluding hydrogens is 448 g/mol. The second-order valence-electron chi connectivity index (χ2n) is 7.75. The lowest BCUT2D eigenvalue weighted by molar-refractivity contribution is -0.140. The third-order valence-electron chi connectivity index (χ3n) is 5.48. The van der Waals surface area contributed by atoms with Crippen LogP contribution >= 0.6 is 11.6 Å². The zero-order valence-corrected chi connectivity index (χ0v) is 20.0. The van der Waals surface area contributed by atoms with Gasteiger partial charge in [0.2, 0.25) is 0 Å². The second-order valence-corrected chi connectivity index (χ2v) is 8.16. The number of carbonyl (C=O) groups excluding carboxylic acids is 2. The Kier molecular flexibility index (Phi) is 7.50. The number of likely N-dealkylation sites (tertiary alicyclic amines) is 1. The van der Waals surface area contributed by atoms with E-state index in [0.29, 0.717) is 34.9 Å². The number of amides is 1. The second kappa shape index (κ2) is 10.1. The van der Waals surface area contributed by atoms with E-state index in [2.05, 4.69) is 0 Å². The number of nitrogens with zero attached hydrogens (tertiary/aromatic N) is 2. The predicted molar refractivity (Wildman–Crippen MR) is 125 cm³/mol. The molecule has 1 N–H and O–H groups in total. The number of benzene rings is 2. The van der Waals surface area contributed by atoms with Crippen LogP contribution < -0.4 is 14.2 Å². The third-order valence-corrected chi connectivity index (χ3v) is 5.78. The van der Waals surface area contributed by atoms with Crippen molar-refractivity contribution in [3.63, 3.8) is 0 Å². The fourth-order valence-corrected chi connectivity index (χ4v) is 4.02. The first-order valence-corrected chi connectivity index (χ1v) is 10.6. The molecule has 176 valence electrons. The van der Waals surface area contributed by atoms with Crippen molar-refractivity contribution >= 4 is 29.1 Å². The molecular formula is C24H27ClN2O6. The molecule has 0 aliphatic carbocycles. The van der Waals surface area contributed by atoms with E-state index >= 15 is 0 Å². The summed E-state index contributed by atoms with van der Waals surface area (Å²) in [5.41, 5.74) is 0.765. The third kappa shape index (κ3) is 4.77.